The summed E-state index contributed by atoms with van der Waals surface area (Å²) >= 11 is 0. The van der Waals surface area contributed by atoms with Gasteiger partial charge in [0.15, 0.2) is 0 Å². The molecule has 0 saturated carbocycles. The van der Waals surface area contributed by atoms with E-state index in [2.05, 4.69) is 20.8 Å². The molecule has 0 heterocycles. The third-order valence-corrected chi connectivity index (χ3v) is 7.62. The lowest BCUT2D eigenvalue weighted by molar-refractivity contribution is -0.0198. The molecule has 3 N–H and O–H groups in total. The Hall–Kier alpha value is -0.0800. The van der Waals surface area contributed by atoms with E-state index >= 15 is 0 Å². The quantitative estimate of drug-likeness (QED) is 0.139. The first-order valence-electron chi connectivity index (χ1n) is 14.6. The second kappa shape index (κ2) is 23.1. The fourth-order valence-corrected chi connectivity index (χ4v) is 5.10. The van der Waals surface area contributed by atoms with Crippen molar-refractivity contribution in [2.24, 2.45) is 11.7 Å². The maximum absolute atomic E-state index is 10.6. The minimum Gasteiger partial charge on any atom is -0.388 e. The van der Waals surface area contributed by atoms with E-state index in [1.165, 1.54) is 128 Å². The monoisotopic (exact) mass is 439 g/mol. The first-order valence-corrected chi connectivity index (χ1v) is 14.6. The number of hydrogen-bond donors (Lipinski definition) is 2. The zero-order chi connectivity index (χ0) is 23.0. The predicted octanol–water partition coefficient (Wildman–Crippen LogP) is 9.32. The minimum absolute atomic E-state index is 0.373. The van der Waals surface area contributed by atoms with Gasteiger partial charge in [0.25, 0.3) is 0 Å². The normalized spacial score (nSPS) is 14.6. The highest BCUT2D eigenvalue weighted by Gasteiger charge is 2.31. The zero-order valence-corrected chi connectivity index (χ0v) is 22.1. The standard InChI is InChI=1S/C29H61NO/c1-4-7-8-9-10-11-12-13-14-15-16-17-18-19-20-21-22-23-24-25-26-28(5-2)29(31,6-3)27-30/h28,31H,4-27,30H2,1-3H3. The summed E-state index contributed by atoms with van der Waals surface area (Å²) in [6.07, 6.45) is 31.4. The third-order valence-electron chi connectivity index (χ3n) is 7.62. The van der Waals surface area contributed by atoms with Crippen molar-refractivity contribution in [3.05, 3.63) is 0 Å². The van der Waals surface area contributed by atoms with E-state index in [-0.39, 0.29) is 0 Å². The van der Waals surface area contributed by atoms with Crippen molar-refractivity contribution in [1.82, 2.24) is 0 Å². The molecule has 0 radical (unpaired) electrons. The van der Waals surface area contributed by atoms with E-state index in [9.17, 15) is 5.11 Å². The summed E-state index contributed by atoms with van der Waals surface area (Å²) in [7, 11) is 0. The van der Waals surface area contributed by atoms with Gasteiger partial charge in [-0.05, 0) is 18.8 Å². The van der Waals surface area contributed by atoms with Gasteiger partial charge in [-0.15, -0.1) is 0 Å². The Kier molecular flexibility index (Phi) is 23.0. The van der Waals surface area contributed by atoms with Crippen LogP contribution in [0.15, 0.2) is 0 Å². The average Bonchev–Trinajstić information content (AvgIpc) is 2.79. The first-order chi connectivity index (χ1) is 15.1. The van der Waals surface area contributed by atoms with Crippen LogP contribution in [-0.2, 0) is 0 Å². The highest BCUT2D eigenvalue weighted by molar-refractivity contribution is 4.85. The van der Waals surface area contributed by atoms with Gasteiger partial charge in [0.2, 0.25) is 0 Å². The van der Waals surface area contributed by atoms with Crippen LogP contribution in [0, 0.1) is 5.92 Å². The molecule has 0 aliphatic rings. The Morgan fingerprint density at radius 1 is 0.548 bits per heavy atom. The highest BCUT2D eigenvalue weighted by atomic mass is 16.3. The molecular formula is C29H61NO. The van der Waals surface area contributed by atoms with Crippen molar-refractivity contribution in [2.45, 2.75) is 174 Å². The largest absolute Gasteiger partial charge is 0.388 e. The van der Waals surface area contributed by atoms with E-state index in [1.807, 2.05) is 0 Å². The minimum atomic E-state index is -0.636. The van der Waals surface area contributed by atoms with E-state index < -0.39 is 5.60 Å². The third kappa shape index (κ3) is 18.1. The Morgan fingerprint density at radius 3 is 1.13 bits per heavy atom. The van der Waals surface area contributed by atoms with Gasteiger partial charge < -0.3 is 10.8 Å². The first kappa shape index (κ1) is 30.9. The maximum atomic E-state index is 10.6. The van der Waals surface area contributed by atoms with Crippen LogP contribution in [0.5, 0.6) is 0 Å². The summed E-state index contributed by atoms with van der Waals surface area (Å²) in [5.74, 6) is 0.373. The van der Waals surface area contributed by atoms with Crippen LogP contribution in [0.25, 0.3) is 0 Å². The molecule has 0 bridgehead atoms. The molecule has 0 aliphatic carbocycles. The second-order valence-corrected chi connectivity index (χ2v) is 10.3. The molecule has 2 atom stereocenters. The van der Waals surface area contributed by atoms with Crippen molar-refractivity contribution in [2.75, 3.05) is 6.54 Å². The Morgan fingerprint density at radius 2 is 0.871 bits per heavy atom. The van der Waals surface area contributed by atoms with Crippen molar-refractivity contribution in [3.8, 4) is 0 Å². The molecule has 2 nitrogen and oxygen atoms in total. The molecule has 0 aromatic heterocycles. The SMILES string of the molecule is CCCCCCCCCCCCCCCCCCCCCCC(CC)C(O)(CC)CN. The van der Waals surface area contributed by atoms with Crippen LogP contribution in [0.4, 0.5) is 0 Å². The van der Waals surface area contributed by atoms with Crippen molar-refractivity contribution in [1.29, 1.82) is 0 Å². The molecule has 0 fully saturated rings. The topological polar surface area (TPSA) is 46.2 Å². The molecule has 2 heteroatoms. The number of unbranched alkanes of at least 4 members (excludes halogenated alkanes) is 19. The van der Waals surface area contributed by atoms with Crippen LogP contribution < -0.4 is 5.73 Å². The average molecular weight is 440 g/mol. The molecule has 188 valence electrons. The van der Waals surface area contributed by atoms with E-state index in [0.717, 1.165) is 19.3 Å². The summed E-state index contributed by atoms with van der Waals surface area (Å²) in [4.78, 5) is 0. The van der Waals surface area contributed by atoms with Gasteiger partial charge in [-0.1, -0.05) is 156 Å². The number of aliphatic hydroxyl groups is 1. The lowest BCUT2D eigenvalue weighted by Gasteiger charge is -2.34. The van der Waals surface area contributed by atoms with Crippen LogP contribution >= 0.6 is 0 Å². The van der Waals surface area contributed by atoms with Crippen molar-refractivity contribution < 1.29 is 5.11 Å². The molecule has 0 saturated heterocycles. The number of nitrogens with two attached hydrogens (primary N) is 1. The number of hydrogen-bond acceptors (Lipinski definition) is 2. The van der Waals surface area contributed by atoms with Crippen LogP contribution in [0.2, 0.25) is 0 Å². The fourth-order valence-electron chi connectivity index (χ4n) is 5.10. The molecule has 0 aromatic carbocycles. The lowest BCUT2D eigenvalue weighted by atomic mass is 9.80. The van der Waals surface area contributed by atoms with Gasteiger partial charge in [0.05, 0.1) is 5.60 Å². The fraction of sp³-hybridized carbons (Fsp3) is 1.00. The van der Waals surface area contributed by atoms with Crippen LogP contribution in [0.3, 0.4) is 0 Å². The van der Waals surface area contributed by atoms with E-state index in [4.69, 9.17) is 5.73 Å². The molecular weight excluding hydrogens is 378 g/mol. The Balaban J connectivity index is 3.28. The summed E-state index contributed by atoms with van der Waals surface area (Å²) < 4.78 is 0. The second-order valence-electron chi connectivity index (χ2n) is 10.3. The lowest BCUT2D eigenvalue weighted by Crippen LogP contribution is -2.44. The molecule has 0 aliphatic heterocycles. The molecule has 0 spiro atoms. The van der Waals surface area contributed by atoms with Gasteiger partial charge in [-0.2, -0.15) is 0 Å². The molecule has 0 aromatic rings. The van der Waals surface area contributed by atoms with Crippen molar-refractivity contribution >= 4 is 0 Å². The highest BCUT2D eigenvalue weighted by Crippen LogP contribution is 2.28. The van der Waals surface area contributed by atoms with E-state index in [0.29, 0.717) is 12.5 Å². The van der Waals surface area contributed by atoms with Gasteiger partial charge in [-0.25, -0.2) is 0 Å². The zero-order valence-electron chi connectivity index (χ0n) is 22.1. The number of rotatable bonds is 25. The van der Waals surface area contributed by atoms with E-state index in [1.54, 1.807) is 0 Å². The summed E-state index contributed by atoms with van der Waals surface area (Å²) in [6, 6.07) is 0. The van der Waals surface area contributed by atoms with Crippen LogP contribution in [0.1, 0.15) is 168 Å². The smallest absolute Gasteiger partial charge is 0.0794 e. The summed E-state index contributed by atoms with van der Waals surface area (Å²) in [5.41, 5.74) is 5.19. The maximum Gasteiger partial charge on any atom is 0.0794 e. The molecule has 2 unspecified atom stereocenters. The van der Waals surface area contributed by atoms with Crippen molar-refractivity contribution in [3.63, 3.8) is 0 Å². The molecule has 0 amide bonds. The van der Waals surface area contributed by atoms with Gasteiger partial charge in [0.1, 0.15) is 0 Å². The Labute approximate surface area is 197 Å². The van der Waals surface area contributed by atoms with Gasteiger partial charge >= 0.3 is 0 Å². The Bertz CT molecular complexity index is 340. The summed E-state index contributed by atoms with van der Waals surface area (Å²) in [6.45, 7) is 6.95. The predicted molar refractivity (Wildman–Crippen MR) is 141 cm³/mol. The summed E-state index contributed by atoms with van der Waals surface area (Å²) in [5, 5.41) is 10.6. The van der Waals surface area contributed by atoms with Gasteiger partial charge in [0, 0.05) is 6.54 Å². The molecule has 0 rings (SSSR count). The van der Waals surface area contributed by atoms with Gasteiger partial charge in [-0.3, -0.25) is 0 Å². The molecule has 31 heavy (non-hydrogen) atoms. The van der Waals surface area contributed by atoms with Crippen LogP contribution in [-0.4, -0.2) is 17.3 Å².